The second-order valence-corrected chi connectivity index (χ2v) is 2.47. The number of rotatable bonds is 5. The Kier molecular flexibility index (Phi) is 5.28. The van der Waals surface area contributed by atoms with Crippen molar-refractivity contribution in [2.75, 3.05) is 14.2 Å². The number of primary amides is 1. The second kappa shape index (κ2) is 5.95. The Morgan fingerprint density at radius 3 is 1.57 bits per heavy atom. The molecular formula is C8H12NO5. The van der Waals surface area contributed by atoms with E-state index in [0.29, 0.717) is 0 Å². The molecule has 0 aromatic heterocycles. The number of carbonyl (C=O) groups excluding carboxylic acids is 3. The standard InChI is InChI=1S/C8H12NO5/c1-13-6(10)3-5(8(9)12)4-7(11)14-2/h3-4H2,1-2H3,(H2,9,12). The monoisotopic (exact) mass is 202 g/mol. The van der Waals surface area contributed by atoms with E-state index in [-0.39, 0.29) is 18.8 Å². The highest BCUT2D eigenvalue weighted by Crippen LogP contribution is 2.12. The predicted molar refractivity (Wildman–Crippen MR) is 45.7 cm³/mol. The molecule has 6 heteroatoms. The smallest absolute Gasteiger partial charge is 0.306 e. The van der Waals surface area contributed by atoms with Crippen LogP contribution in [0, 0.1) is 5.92 Å². The van der Waals surface area contributed by atoms with Gasteiger partial charge in [0, 0.05) is 0 Å². The third kappa shape index (κ3) is 4.44. The molecule has 0 fully saturated rings. The maximum absolute atomic E-state index is 10.8. The van der Waals surface area contributed by atoms with E-state index in [2.05, 4.69) is 9.47 Å². The fraction of sp³-hybridized carbons (Fsp3) is 0.500. The summed E-state index contributed by atoms with van der Waals surface area (Å²) in [5.41, 5.74) is 4.95. The zero-order valence-electron chi connectivity index (χ0n) is 8.03. The lowest BCUT2D eigenvalue weighted by molar-refractivity contribution is -0.143. The molecule has 0 aliphatic carbocycles. The maximum Gasteiger partial charge on any atom is 0.306 e. The van der Waals surface area contributed by atoms with Crippen molar-refractivity contribution >= 4 is 17.8 Å². The van der Waals surface area contributed by atoms with E-state index in [4.69, 9.17) is 5.73 Å². The van der Waals surface area contributed by atoms with Crippen molar-refractivity contribution < 1.29 is 23.9 Å². The van der Waals surface area contributed by atoms with Crippen LogP contribution in [0.1, 0.15) is 12.8 Å². The van der Waals surface area contributed by atoms with Gasteiger partial charge in [-0.15, -0.1) is 0 Å². The van der Waals surface area contributed by atoms with E-state index in [1.165, 1.54) is 14.2 Å². The highest BCUT2D eigenvalue weighted by molar-refractivity contribution is 5.96. The Morgan fingerprint density at radius 1 is 1.00 bits per heavy atom. The van der Waals surface area contributed by atoms with E-state index < -0.39 is 17.8 Å². The molecular weight excluding hydrogens is 190 g/mol. The summed E-state index contributed by atoms with van der Waals surface area (Å²) in [4.78, 5) is 32.4. The minimum absolute atomic E-state index is 0.0244. The van der Waals surface area contributed by atoms with Crippen molar-refractivity contribution in [3.63, 3.8) is 0 Å². The van der Waals surface area contributed by atoms with Crippen LogP contribution in [0.25, 0.3) is 0 Å². The second-order valence-electron chi connectivity index (χ2n) is 2.47. The summed E-state index contributed by atoms with van der Waals surface area (Å²) >= 11 is 0. The number of methoxy groups -OCH3 is 2. The van der Waals surface area contributed by atoms with Crippen molar-refractivity contribution in [3.8, 4) is 0 Å². The molecule has 1 radical (unpaired) electrons. The fourth-order valence-corrected chi connectivity index (χ4v) is 0.730. The van der Waals surface area contributed by atoms with Crippen LogP contribution in [-0.2, 0) is 23.9 Å². The molecule has 0 bridgehead atoms. The minimum atomic E-state index is -0.805. The van der Waals surface area contributed by atoms with Crippen molar-refractivity contribution in [1.29, 1.82) is 0 Å². The lowest BCUT2D eigenvalue weighted by atomic mass is 10.0. The first-order chi connectivity index (χ1) is 6.51. The predicted octanol–water partition coefficient (Wildman–Crippen LogP) is -0.828. The van der Waals surface area contributed by atoms with Gasteiger partial charge in [-0.25, -0.2) is 0 Å². The topological polar surface area (TPSA) is 95.7 Å². The molecule has 0 spiro atoms. The van der Waals surface area contributed by atoms with Crippen molar-refractivity contribution in [1.82, 2.24) is 0 Å². The van der Waals surface area contributed by atoms with Crippen LogP contribution in [0.15, 0.2) is 0 Å². The molecule has 2 N–H and O–H groups in total. The number of carbonyl (C=O) groups is 3. The van der Waals surface area contributed by atoms with Gasteiger partial charge in [0.25, 0.3) is 0 Å². The van der Waals surface area contributed by atoms with Gasteiger partial charge in [0.1, 0.15) is 0 Å². The average Bonchev–Trinajstić information content (AvgIpc) is 2.16. The largest absolute Gasteiger partial charge is 0.469 e. The van der Waals surface area contributed by atoms with Gasteiger partial charge in [-0.2, -0.15) is 0 Å². The summed E-state index contributed by atoms with van der Waals surface area (Å²) in [5.74, 6) is -2.07. The van der Waals surface area contributed by atoms with Gasteiger partial charge in [-0.3, -0.25) is 14.4 Å². The molecule has 0 saturated carbocycles. The molecule has 0 rings (SSSR count). The number of amides is 1. The van der Waals surface area contributed by atoms with E-state index in [1.807, 2.05) is 0 Å². The molecule has 0 atom stereocenters. The molecule has 0 aliphatic heterocycles. The molecule has 0 aromatic carbocycles. The quantitative estimate of drug-likeness (QED) is 0.587. The summed E-state index contributed by atoms with van der Waals surface area (Å²) < 4.78 is 8.65. The molecule has 79 valence electrons. The third-order valence-corrected chi connectivity index (χ3v) is 1.52. The van der Waals surface area contributed by atoms with Gasteiger partial charge in [0.2, 0.25) is 5.91 Å². The average molecular weight is 202 g/mol. The summed E-state index contributed by atoms with van der Waals surface area (Å²) in [6.07, 6.45) is -0.581. The summed E-state index contributed by atoms with van der Waals surface area (Å²) in [6, 6.07) is 0. The zero-order chi connectivity index (χ0) is 11.1. The first kappa shape index (κ1) is 12.4. The number of nitrogens with two attached hydrogens (primary N) is 1. The fourth-order valence-electron chi connectivity index (χ4n) is 0.730. The van der Waals surface area contributed by atoms with Gasteiger partial charge in [0.15, 0.2) is 0 Å². The van der Waals surface area contributed by atoms with Crippen molar-refractivity contribution in [2.24, 2.45) is 5.73 Å². The van der Waals surface area contributed by atoms with Crippen LogP contribution in [0.3, 0.4) is 0 Å². The SMILES string of the molecule is COC(=O)C[C](CC(=O)OC)C(N)=O. The van der Waals surface area contributed by atoms with Crippen LogP contribution in [0.2, 0.25) is 0 Å². The Balaban J connectivity index is 4.23. The van der Waals surface area contributed by atoms with Crippen molar-refractivity contribution in [3.05, 3.63) is 5.92 Å². The molecule has 0 saturated heterocycles. The Morgan fingerprint density at radius 2 is 1.36 bits per heavy atom. The lowest BCUT2D eigenvalue weighted by Crippen LogP contribution is -2.26. The lowest BCUT2D eigenvalue weighted by Gasteiger charge is -2.08. The molecule has 0 aliphatic rings. The molecule has 6 nitrogen and oxygen atoms in total. The molecule has 0 heterocycles. The van der Waals surface area contributed by atoms with Crippen LogP contribution in [0.4, 0.5) is 0 Å². The van der Waals surface area contributed by atoms with Gasteiger partial charge >= 0.3 is 11.9 Å². The highest BCUT2D eigenvalue weighted by Gasteiger charge is 2.24. The van der Waals surface area contributed by atoms with Gasteiger partial charge < -0.3 is 15.2 Å². The number of ether oxygens (including phenoxy) is 2. The van der Waals surface area contributed by atoms with E-state index >= 15 is 0 Å². The van der Waals surface area contributed by atoms with Crippen molar-refractivity contribution in [2.45, 2.75) is 12.8 Å². The Labute approximate surface area is 81.3 Å². The summed E-state index contributed by atoms with van der Waals surface area (Å²) in [5, 5.41) is 0. The van der Waals surface area contributed by atoms with Crippen LogP contribution < -0.4 is 5.73 Å². The number of esters is 2. The minimum Gasteiger partial charge on any atom is -0.469 e. The van der Waals surface area contributed by atoms with E-state index in [9.17, 15) is 14.4 Å². The number of hydrogen-bond acceptors (Lipinski definition) is 5. The third-order valence-electron chi connectivity index (χ3n) is 1.52. The van der Waals surface area contributed by atoms with Gasteiger partial charge in [-0.05, 0) is 0 Å². The first-order valence-corrected chi connectivity index (χ1v) is 3.79. The Bertz CT molecular complexity index is 220. The van der Waals surface area contributed by atoms with Gasteiger partial charge in [-0.1, -0.05) is 0 Å². The van der Waals surface area contributed by atoms with Gasteiger partial charge in [0.05, 0.1) is 33.0 Å². The van der Waals surface area contributed by atoms with Crippen LogP contribution in [0.5, 0.6) is 0 Å². The van der Waals surface area contributed by atoms with Crippen LogP contribution >= 0.6 is 0 Å². The summed E-state index contributed by atoms with van der Waals surface area (Å²) in [6.45, 7) is 0. The Hall–Kier alpha value is -1.59. The normalized spacial score (nSPS) is 9.64. The van der Waals surface area contributed by atoms with E-state index in [0.717, 1.165) is 0 Å². The summed E-state index contributed by atoms with van der Waals surface area (Å²) in [7, 11) is 2.36. The zero-order valence-corrected chi connectivity index (χ0v) is 8.03. The molecule has 14 heavy (non-hydrogen) atoms. The molecule has 0 unspecified atom stereocenters. The first-order valence-electron chi connectivity index (χ1n) is 3.79. The van der Waals surface area contributed by atoms with E-state index in [1.54, 1.807) is 0 Å². The van der Waals surface area contributed by atoms with Crippen LogP contribution in [-0.4, -0.2) is 32.1 Å². The maximum atomic E-state index is 10.8. The highest BCUT2D eigenvalue weighted by atomic mass is 16.5. The molecule has 0 aromatic rings. The number of hydrogen-bond donors (Lipinski definition) is 1. The molecule has 1 amide bonds.